The summed E-state index contributed by atoms with van der Waals surface area (Å²) >= 11 is 1.91. The van der Waals surface area contributed by atoms with Gasteiger partial charge in [-0.05, 0) is 12.8 Å². The number of hydrogen-bond donors (Lipinski definition) is 4. The summed E-state index contributed by atoms with van der Waals surface area (Å²) < 4.78 is 0. The molecular formula is C12H23BrN4O2S. The molecule has 3 amide bonds. The first-order valence-electron chi connectivity index (χ1n) is 6.86. The van der Waals surface area contributed by atoms with E-state index in [1.54, 1.807) is 0 Å². The van der Waals surface area contributed by atoms with Crippen LogP contribution in [0.5, 0.6) is 0 Å². The average molecular weight is 367 g/mol. The Hall–Kier alpha value is -0.470. The molecule has 2 heterocycles. The summed E-state index contributed by atoms with van der Waals surface area (Å²) in [6.07, 6.45) is 3.53. The molecule has 0 spiro atoms. The van der Waals surface area contributed by atoms with Crippen molar-refractivity contribution >= 4 is 40.7 Å². The van der Waals surface area contributed by atoms with E-state index < -0.39 is 0 Å². The Bertz CT molecular complexity index is 345. The van der Waals surface area contributed by atoms with Gasteiger partial charge in [-0.3, -0.25) is 4.79 Å². The number of unbranched alkanes of at least 4 members (excludes halogenated alkanes) is 1. The number of urea groups is 1. The molecule has 6 nitrogen and oxygen atoms in total. The van der Waals surface area contributed by atoms with Crippen LogP contribution in [0.4, 0.5) is 4.79 Å². The summed E-state index contributed by atoms with van der Waals surface area (Å²) in [7, 11) is 0. The van der Waals surface area contributed by atoms with Crippen molar-refractivity contribution in [3.8, 4) is 0 Å². The summed E-state index contributed by atoms with van der Waals surface area (Å²) in [5.74, 6) is 1.07. The summed E-state index contributed by atoms with van der Waals surface area (Å²) in [4.78, 5) is 22.6. The Kier molecular flexibility index (Phi) is 7.68. The zero-order valence-corrected chi connectivity index (χ0v) is 13.9. The van der Waals surface area contributed by atoms with Crippen LogP contribution in [0.15, 0.2) is 0 Å². The van der Waals surface area contributed by atoms with Crippen LogP contribution < -0.4 is 21.7 Å². The predicted molar refractivity (Wildman–Crippen MR) is 86.3 cm³/mol. The Morgan fingerprint density at radius 1 is 1.40 bits per heavy atom. The van der Waals surface area contributed by atoms with Gasteiger partial charge in [-0.15, -0.1) is 17.0 Å². The molecule has 2 saturated heterocycles. The summed E-state index contributed by atoms with van der Waals surface area (Å²) in [5.41, 5.74) is 5.32. The highest BCUT2D eigenvalue weighted by Gasteiger charge is 2.42. The second-order valence-electron chi connectivity index (χ2n) is 5.01. The van der Waals surface area contributed by atoms with Crippen LogP contribution >= 0.6 is 28.7 Å². The number of thioether (sulfide) groups is 1. The lowest BCUT2D eigenvalue weighted by molar-refractivity contribution is -0.121. The number of amides is 3. The lowest BCUT2D eigenvalue weighted by Gasteiger charge is -2.16. The van der Waals surface area contributed by atoms with Crippen molar-refractivity contribution < 1.29 is 9.59 Å². The van der Waals surface area contributed by atoms with Gasteiger partial charge < -0.3 is 21.7 Å². The van der Waals surface area contributed by atoms with Gasteiger partial charge in [0.1, 0.15) is 0 Å². The third kappa shape index (κ3) is 4.82. The highest BCUT2D eigenvalue weighted by atomic mass is 79.9. The Morgan fingerprint density at radius 2 is 2.20 bits per heavy atom. The maximum Gasteiger partial charge on any atom is 0.315 e. The maximum atomic E-state index is 11.4. The lowest BCUT2D eigenvalue weighted by Crippen LogP contribution is -2.36. The molecule has 2 aliphatic heterocycles. The van der Waals surface area contributed by atoms with Gasteiger partial charge in [0.05, 0.1) is 12.1 Å². The van der Waals surface area contributed by atoms with Crippen LogP contribution in [0, 0.1) is 0 Å². The van der Waals surface area contributed by atoms with Crippen LogP contribution in [0.2, 0.25) is 0 Å². The van der Waals surface area contributed by atoms with Crippen molar-refractivity contribution in [2.75, 3.05) is 18.8 Å². The largest absolute Gasteiger partial charge is 0.355 e. The molecule has 3 unspecified atom stereocenters. The fraction of sp³-hybridized carbons (Fsp3) is 0.833. The first-order chi connectivity index (χ1) is 9.20. The quantitative estimate of drug-likeness (QED) is 0.386. The SMILES string of the molecule is Br.NCCNC(=O)CCCCC1SCC2NC(=O)NC21. The maximum absolute atomic E-state index is 11.4. The van der Waals surface area contributed by atoms with Crippen molar-refractivity contribution in [3.63, 3.8) is 0 Å². The van der Waals surface area contributed by atoms with E-state index in [9.17, 15) is 9.59 Å². The topological polar surface area (TPSA) is 96.2 Å². The molecule has 3 atom stereocenters. The molecule has 20 heavy (non-hydrogen) atoms. The number of hydrogen-bond acceptors (Lipinski definition) is 4. The molecule has 0 radical (unpaired) electrons. The van der Waals surface area contributed by atoms with Gasteiger partial charge in [-0.1, -0.05) is 6.42 Å². The van der Waals surface area contributed by atoms with Gasteiger partial charge in [0.15, 0.2) is 0 Å². The van der Waals surface area contributed by atoms with Crippen LogP contribution in [-0.2, 0) is 4.79 Å². The summed E-state index contributed by atoms with van der Waals surface area (Å²) in [6, 6.07) is 0.514. The van der Waals surface area contributed by atoms with E-state index in [-0.39, 0.29) is 41.0 Å². The van der Waals surface area contributed by atoms with E-state index in [0.29, 0.717) is 24.8 Å². The Labute approximate surface area is 134 Å². The predicted octanol–water partition coefficient (Wildman–Crippen LogP) is 0.365. The number of halogens is 1. The van der Waals surface area contributed by atoms with Crippen molar-refractivity contribution in [1.29, 1.82) is 0 Å². The van der Waals surface area contributed by atoms with E-state index in [1.807, 2.05) is 11.8 Å². The van der Waals surface area contributed by atoms with Gasteiger partial charge in [0, 0.05) is 30.5 Å². The molecular weight excluding hydrogens is 344 g/mol. The van der Waals surface area contributed by atoms with Crippen LogP contribution in [0.1, 0.15) is 25.7 Å². The highest BCUT2D eigenvalue weighted by Crippen LogP contribution is 2.33. The molecule has 0 saturated carbocycles. The number of rotatable bonds is 7. The molecule has 0 aromatic rings. The Balaban J connectivity index is 0.00000200. The third-order valence-corrected chi connectivity index (χ3v) is 5.06. The minimum Gasteiger partial charge on any atom is -0.355 e. The molecule has 0 aromatic carbocycles. The fourth-order valence-corrected chi connectivity index (χ4v) is 4.12. The van der Waals surface area contributed by atoms with Gasteiger partial charge in [-0.25, -0.2) is 4.79 Å². The molecule has 0 aromatic heterocycles. The number of carbonyl (C=O) groups excluding carboxylic acids is 2. The summed E-state index contributed by atoms with van der Waals surface area (Å²) in [6.45, 7) is 1.04. The molecule has 2 rings (SSSR count). The summed E-state index contributed by atoms with van der Waals surface area (Å²) in [5, 5.41) is 9.16. The van der Waals surface area contributed by atoms with Gasteiger partial charge in [-0.2, -0.15) is 11.8 Å². The molecule has 2 fully saturated rings. The molecule has 0 aliphatic carbocycles. The van der Waals surface area contributed by atoms with E-state index >= 15 is 0 Å². The Morgan fingerprint density at radius 3 is 2.95 bits per heavy atom. The molecule has 5 N–H and O–H groups in total. The van der Waals surface area contributed by atoms with Gasteiger partial charge in [0.2, 0.25) is 5.91 Å². The number of nitrogens with one attached hydrogen (secondary N) is 3. The average Bonchev–Trinajstić information content (AvgIpc) is 2.92. The first kappa shape index (κ1) is 17.6. The van der Waals surface area contributed by atoms with E-state index in [0.717, 1.165) is 25.0 Å². The van der Waals surface area contributed by atoms with E-state index in [2.05, 4.69) is 16.0 Å². The molecule has 0 bridgehead atoms. The molecule has 2 aliphatic rings. The number of carbonyl (C=O) groups is 2. The van der Waals surface area contributed by atoms with Gasteiger partial charge >= 0.3 is 6.03 Å². The normalized spacial score (nSPS) is 27.2. The smallest absolute Gasteiger partial charge is 0.315 e. The van der Waals surface area contributed by atoms with Gasteiger partial charge in [0.25, 0.3) is 0 Å². The van der Waals surface area contributed by atoms with E-state index in [1.165, 1.54) is 0 Å². The van der Waals surface area contributed by atoms with E-state index in [4.69, 9.17) is 5.73 Å². The number of fused-ring (bicyclic) bond motifs is 1. The number of nitrogens with two attached hydrogens (primary N) is 1. The lowest BCUT2D eigenvalue weighted by atomic mass is 10.0. The second kappa shape index (κ2) is 8.74. The minimum atomic E-state index is -0.0403. The van der Waals surface area contributed by atoms with Crippen LogP contribution in [-0.4, -0.2) is 48.1 Å². The molecule has 8 heteroatoms. The standard InChI is InChI=1S/C12H22N4O2S.BrH/c13-5-6-14-10(17)4-2-1-3-9-11-8(7-19-9)15-12(18)16-11;/h8-9,11H,1-7,13H2,(H,14,17)(H2,15,16,18);1H. The third-order valence-electron chi connectivity index (χ3n) is 3.55. The molecule has 116 valence electrons. The zero-order valence-electron chi connectivity index (χ0n) is 11.4. The minimum absolute atomic E-state index is 0. The second-order valence-corrected chi connectivity index (χ2v) is 6.28. The van der Waals surface area contributed by atoms with Crippen LogP contribution in [0.25, 0.3) is 0 Å². The monoisotopic (exact) mass is 366 g/mol. The van der Waals surface area contributed by atoms with Crippen LogP contribution in [0.3, 0.4) is 0 Å². The highest BCUT2D eigenvalue weighted by molar-refractivity contribution is 8.93. The zero-order chi connectivity index (χ0) is 13.7. The van der Waals surface area contributed by atoms with Crippen molar-refractivity contribution in [1.82, 2.24) is 16.0 Å². The first-order valence-corrected chi connectivity index (χ1v) is 7.91. The van der Waals surface area contributed by atoms with Crippen molar-refractivity contribution in [2.24, 2.45) is 5.73 Å². The van der Waals surface area contributed by atoms with Crippen molar-refractivity contribution in [3.05, 3.63) is 0 Å². The fourth-order valence-electron chi connectivity index (χ4n) is 2.57. The van der Waals surface area contributed by atoms with Crippen molar-refractivity contribution in [2.45, 2.75) is 43.0 Å².